The van der Waals surface area contributed by atoms with Crippen molar-refractivity contribution in [2.24, 2.45) is 0 Å². The molecule has 1 saturated heterocycles. The molecular formula is C20H24N4. The normalized spacial score (nSPS) is 15.3. The fourth-order valence-electron chi connectivity index (χ4n) is 3.48. The number of benzene rings is 2. The maximum atomic E-state index is 4.12. The topological polar surface area (TPSA) is 44.0 Å². The van der Waals surface area contributed by atoms with E-state index in [-0.39, 0.29) is 0 Å². The third-order valence-corrected chi connectivity index (χ3v) is 4.84. The predicted octanol–water partition coefficient (Wildman–Crippen LogP) is 3.45. The van der Waals surface area contributed by atoms with E-state index in [9.17, 15) is 0 Å². The van der Waals surface area contributed by atoms with Crippen LogP contribution in [0, 0.1) is 0 Å². The predicted molar refractivity (Wildman–Crippen MR) is 97.6 cm³/mol. The molecule has 4 heteroatoms. The highest BCUT2D eigenvalue weighted by molar-refractivity contribution is 5.81. The second kappa shape index (κ2) is 7.16. The fraction of sp³-hybridized carbons (Fsp3) is 0.350. The molecule has 0 bridgehead atoms. The molecule has 0 unspecified atom stereocenters. The molecule has 0 amide bonds. The minimum atomic E-state index is 0.842. The first-order chi connectivity index (χ1) is 11.9. The molecule has 0 radical (unpaired) electrons. The van der Waals surface area contributed by atoms with Crippen LogP contribution in [0.1, 0.15) is 29.5 Å². The third-order valence-electron chi connectivity index (χ3n) is 4.84. The van der Waals surface area contributed by atoms with Gasteiger partial charge in [0.2, 0.25) is 0 Å². The summed E-state index contributed by atoms with van der Waals surface area (Å²) in [7, 11) is 0. The van der Waals surface area contributed by atoms with Crippen LogP contribution in [0.4, 0.5) is 0 Å². The number of nitrogens with one attached hydrogen (secondary N) is 2. The summed E-state index contributed by atoms with van der Waals surface area (Å²) < 4.78 is 0. The van der Waals surface area contributed by atoms with Crippen LogP contribution in [-0.4, -0.2) is 28.2 Å². The maximum absolute atomic E-state index is 4.12. The summed E-state index contributed by atoms with van der Waals surface area (Å²) in [6.45, 7) is 5.32. The zero-order valence-electron chi connectivity index (χ0n) is 14.0. The molecule has 4 nitrogen and oxygen atoms in total. The van der Waals surface area contributed by atoms with Crippen LogP contribution in [0.15, 0.2) is 48.7 Å². The summed E-state index contributed by atoms with van der Waals surface area (Å²) in [6, 6.07) is 15.3. The monoisotopic (exact) mass is 320 g/mol. The second-order valence-electron chi connectivity index (χ2n) is 6.65. The number of rotatable bonds is 6. The average Bonchev–Trinajstić information content (AvgIpc) is 3.28. The van der Waals surface area contributed by atoms with Crippen LogP contribution < -0.4 is 5.32 Å². The Kier molecular flexibility index (Phi) is 4.58. The largest absolute Gasteiger partial charge is 0.309 e. The summed E-state index contributed by atoms with van der Waals surface area (Å²) in [4.78, 5) is 2.54. The van der Waals surface area contributed by atoms with Crippen LogP contribution in [0.25, 0.3) is 10.9 Å². The summed E-state index contributed by atoms with van der Waals surface area (Å²) in [5, 5.41) is 11.9. The van der Waals surface area contributed by atoms with Crippen molar-refractivity contribution in [3.8, 4) is 0 Å². The molecule has 1 aliphatic heterocycles. The molecule has 1 aliphatic rings. The lowest BCUT2D eigenvalue weighted by Crippen LogP contribution is -2.18. The molecule has 24 heavy (non-hydrogen) atoms. The molecule has 0 saturated carbocycles. The van der Waals surface area contributed by atoms with Gasteiger partial charge in [0.15, 0.2) is 0 Å². The van der Waals surface area contributed by atoms with E-state index in [0.29, 0.717) is 0 Å². The number of H-pyrrole nitrogens is 1. The first kappa shape index (κ1) is 15.4. The molecule has 0 aliphatic carbocycles. The van der Waals surface area contributed by atoms with E-state index in [1.807, 2.05) is 6.20 Å². The van der Waals surface area contributed by atoms with E-state index < -0.39 is 0 Å². The highest BCUT2D eigenvalue weighted by atomic mass is 15.1. The molecule has 1 fully saturated rings. The van der Waals surface area contributed by atoms with E-state index in [1.54, 1.807) is 0 Å². The zero-order valence-corrected chi connectivity index (χ0v) is 14.0. The summed E-state index contributed by atoms with van der Waals surface area (Å²) in [5.41, 5.74) is 5.14. The maximum Gasteiger partial charge on any atom is 0.0695 e. The number of para-hydroxylation sites is 1. The average molecular weight is 320 g/mol. The first-order valence-electron chi connectivity index (χ1n) is 8.80. The standard InChI is InChI=1S/C20H24N4/c1-2-11-24(10-1)15-17-8-6-16(7-9-17)12-21-13-18-4-3-5-19-14-22-23-20(18)19/h3-9,14,21H,1-2,10-13,15H2,(H,22,23). The number of aromatic amines is 1. The SMILES string of the molecule is c1cc(CNCc2ccc(CN3CCCC3)cc2)c2[nH]ncc2c1. The van der Waals surface area contributed by atoms with E-state index in [0.717, 1.165) is 25.2 Å². The van der Waals surface area contributed by atoms with Crippen molar-refractivity contribution in [2.45, 2.75) is 32.5 Å². The van der Waals surface area contributed by atoms with Crippen LogP contribution in [0.5, 0.6) is 0 Å². The van der Waals surface area contributed by atoms with Gasteiger partial charge in [0.1, 0.15) is 0 Å². The van der Waals surface area contributed by atoms with E-state index in [1.165, 1.54) is 48.0 Å². The Morgan fingerprint density at radius 2 is 1.75 bits per heavy atom. The van der Waals surface area contributed by atoms with Gasteiger partial charge < -0.3 is 5.32 Å². The fourth-order valence-corrected chi connectivity index (χ4v) is 3.48. The van der Waals surface area contributed by atoms with Gasteiger partial charge in [0.25, 0.3) is 0 Å². The van der Waals surface area contributed by atoms with Crippen LogP contribution >= 0.6 is 0 Å². The highest BCUT2D eigenvalue weighted by Gasteiger charge is 2.11. The Bertz CT molecular complexity index is 785. The number of hydrogen-bond donors (Lipinski definition) is 2. The van der Waals surface area contributed by atoms with Gasteiger partial charge in [-0.3, -0.25) is 10.00 Å². The Hall–Kier alpha value is -2.17. The molecule has 2 heterocycles. The third kappa shape index (κ3) is 3.50. The lowest BCUT2D eigenvalue weighted by Gasteiger charge is -2.14. The summed E-state index contributed by atoms with van der Waals surface area (Å²) >= 11 is 0. The minimum absolute atomic E-state index is 0.842. The molecule has 124 valence electrons. The van der Waals surface area contributed by atoms with E-state index >= 15 is 0 Å². The highest BCUT2D eigenvalue weighted by Crippen LogP contribution is 2.16. The molecule has 1 aromatic heterocycles. The van der Waals surface area contributed by atoms with Gasteiger partial charge in [-0.1, -0.05) is 42.5 Å². The van der Waals surface area contributed by atoms with Crippen molar-refractivity contribution >= 4 is 10.9 Å². The van der Waals surface area contributed by atoms with Crippen molar-refractivity contribution < 1.29 is 0 Å². The Balaban J connectivity index is 1.32. The summed E-state index contributed by atoms with van der Waals surface area (Å²) in [5.74, 6) is 0. The van der Waals surface area contributed by atoms with Crippen molar-refractivity contribution in [3.63, 3.8) is 0 Å². The quantitative estimate of drug-likeness (QED) is 0.731. The molecule has 0 spiro atoms. The van der Waals surface area contributed by atoms with Gasteiger partial charge in [-0.15, -0.1) is 0 Å². The second-order valence-corrected chi connectivity index (χ2v) is 6.65. The zero-order chi connectivity index (χ0) is 16.2. The van der Waals surface area contributed by atoms with Crippen molar-refractivity contribution in [2.75, 3.05) is 13.1 Å². The van der Waals surface area contributed by atoms with Crippen molar-refractivity contribution in [1.82, 2.24) is 20.4 Å². The molecular weight excluding hydrogens is 296 g/mol. The molecule has 3 aromatic rings. The van der Waals surface area contributed by atoms with Crippen LogP contribution in [-0.2, 0) is 19.6 Å². The lowest BCUT2D eigenvalue weighted by molar-refractivity contribution is 0.331. The van der Waals surface area contributed by atoms with E-state index in [2.05, 4.69) is 62.9 Å². The van der Waals surface area contributed by atoms with Gasteiger partial charge in [-0.2, -0.15) is 5.10 Å². The number of nitrogens with zero attached hydrogens (tertiary/aromatic N) is 2. The lowest BCUT2D eigenvalue weighted by atomic mass is 10.1. The Morgan fingerprint density at radius 1 is 0.958 bits per heavy atom. The van der Waals surface area contributed by atoms with E-state index in [4.69, 9.17) is 0 Å². The number of hydrogen-bond acceptors (Lipinski definition) is 3. The number of likely N-dealkylation sites (tertiary alicyclic amines) is 1. The summed E-state index contributed by atoms with van der Waals surface area (Å²) in [6.07, 6.45) is 4.58. The molecule has 4 rings (SSSR count). The van der Waals surface area contributed by atoms with Gasteiger partial charge in [-0.05, 0) is 42.6 Å². The minimum Gasteiger partial charge on any atom is -0.309 e. The van der Waals surface area contributed by atoms with Gasteiger partial charge in [-0.25, -0.2) is 0 Å². The molecule has 2 N–H and O–H groups in total. The Morgan fingerprint density at radius 3 is 2.58 bits per heavy atom. The smallest absolute Gasteiger partial charge is 0.0695 e. The number of aromatic nitrogens is 2. The van der Waals surface area contributed by atoms with Gasteiger partial charge in [0.05, 0.1) is 11.7 Å². The van der Waals surface area contributed by atoms with Gasteiger partial charge in [0, 0.05) is 25.0 Å². The van der Waals surface area contributed by atoms with Crippen molar-refractivity contribution in [1.29, 1.82) is 0 Å². The molecule has 0 atom stereocenters. The molecule has 2 aromatic carbocycles. The number of fused-ring (bicyclic) bond motifs is 1. The van der Waals surface area contributed by atoms with Crippen LogP contribution in [0.2, 0.25) is 0 Å². The first-order valence-corrected chi connectivity index (χ1v) is 8.80. The van der Waals surface area contributed by atoms with Crippen molar-refractivity contribution in [3.05, 3.63) is 65.4 Å². The Labute approximate surface area is 142 Å². The van der Waals surface area contributed by atoms with Gasteiger partial charge >= 0.3 is 0 Å². The van der Waals surface area contributed by atoms with Crippen LogP contribution in [0.3, 0.4) is 0 Å².